The standard InChI is InChI=1S/C22H20ClF3N10O2S.C2H6/c1-11(34-19(37)14-7-17(32-10-31-14)28-5-4-27-16-2-3-33-36-16)21-30-9-15(39-21)20(38)35-18-6-12(22(24,25)26)13(23)8-29-18;1-2/h2-3,6-11H,4-5H2,1H3,(H,34,37)(H2,27,33,36)(H,28,31,32)(H,29,35,38);1-2H3. The molecule has 4 aromatic rings. The van der Waals surface area contributed by atoms with Gasteiger partial charge < -0.3 is 21.3 Å². The molecule has 0 fully saturated rings. The third-order valence-corrected chi connectivity index (χ3v) is 6.49. The molecular formula is C24H26ClF3N10O2S. The van der Waals surface area contributed by atoms with Crippen molar-refractivity contribution in [2.24, 2.45) is 0 Å². The minimum absolute atomic E-state index is 0.105. The van der Waals surface area contributed by atoms with Crippen LogP contribution in [0.1, 0.15) is 57.5 Å². The quantitative estimate of drug-likeness (QED) is 0.155. The Morgan fingerprint density at radius 3 is 2.49 bits per heavy atom. The summed E-state index contributed by atoms with van der Waals surface area (Å²) < 4.78 is 39.2. The summed E-state index contributed by atoms with van der Waals surface area (Å²) in [6, 6.07) is 3.33. The van der Waals surface area contributed by atoms with E-state index in [0.717, 1.165) is 23.4 Å². The molecular weight excluding hydrogens is 585 g/mol. The van der Waals surface area contributed by atoms with Crippen molar-refractivity contribution < 1.29 is 22.8 Å². The number of H-pyrrole nitrogens is 1. The van der Waals surface area contributed by atoms with Gasteiger partial charge in [0.25, 0.3) is 11.8 Å². The van der Waals surface area contributed by atoms with E-state index in [0.29, 0.717) is 30.0 Å². The first-order valence-corrected chi connectivity index (χ1v) is 13.4. The van der Waals surface area contributed by atoms with E-state index in [1.807, 2.05) is 13.8 Å². The lowest BCUT2D eigenvalue weighted by atomic mass is 10.2. The molecule has 0 aliphatic heterocycles. The maximum Gasteiger partial charge on any atom is 0.418 e. The van der Waals surface area contributed by atoms with Gasteiger partial charge in [-0.1, -0.05) is 25.4 Å². The van der Waals surface area contributed by atoms with Crippen molar-refractivity contribution >= 4 is 52.2 Å². The lowest BCUT2D eigenvalue weighted by Crippen LogP contribution is -2.27. The number of rotatable bonds is 10. The molecule has 4 rings (SSSR count). The average molecular weight is 611 g/mol. The number of nitrogens with one attached hydrogen (secondary N) is 5. The van der Waals surface area contributed by atoms with Gasteiger partial charge in [-0.05, 0) is 19.1 Å². The molecule has 0 bridgehead atoms. The lowest BCUT2D eigenvalue weighted by Gasteiger charge is -2.12. The Labute approximate surface area is 241 Å². The average Bonchev–Trinajstić information content (AvgIpc) is 3.66. The maximum absolute atomic E-state index is 13.1. The number of hydrogen-bond donors (Lipinski definition) is 5. The van der Waals surface area contributed by atoms with E-state index in [1.54, 1.807) is 19.2 Å². The van der Waals surface area contributed by atoms with Crippen LogP contribution in [0.5, 0.6) is 0 Å². The number of carbonyl (C=O) groups is 2. The molecule has 2 amide bonds. The molecule has 1 atom stereocenters. The third kappa shape index (κ3) is 8.84. The van der Waals surface area contributed by atoms with E-state index >= 15 is 0 Å². The number of alkyl halides is 3. The number of halogens is 4. The molecule has 41 heavy (non-hydrogen) atoms. The molecule has 0 spiro atoms. The van der Waals surface area contributed by atoms with E-state index in [2.05, 4.69) is 51.4 Å². The summed E-state index contributed by atoms with van der Waals surface area (Å²) >= 11 is 6.52. The highest BCUT2D eigenvalue weighted by Gasteiger charge is 2.34. The molecule has 0 aliphatic rings. The Bertz CT molecular complexity index is 1450. The largest absolute Gasteiger partial charge is 0.418 e. The number of anilines is 3. The summed E-state index contributed by atoms with van der Waals surface area (Å²) in [5.41, 5.74) is -1.01. The summed E-state index contributed by atoms with van der Waals surface area (Å²) in [6.07, 6.45) is 0.237. The van der Waals surface area contributed by atoms with Gasteiger partial charge in [0.15, 0.2) is 0 Å². The number of aromatic amines is 1. The topological polar surface area (TPSA) is 162 Å². The molecule has 0 saturated heterocycles. The van der Waals surface area contributed by atoms with Crippen LogP contribution in [0.3, 0.4) is 0 Å². The Balaban J connectivity index is 0.00000226. The van der Waals surface area contributed by atoms with Gasteiger partial charge in [-0.2, -0.15) is 18.3 Å². The second kappa shape index (κ2) is 14.4. The molecule has 0 saturated carbocycles. The van der Waals surface area contributed by atoms with Crippen molar-refractivity contribution in [3.63, 3.8) is 0 Å². The number of amides is 2. The molecule has 5 N–H and O–H groups in total. The molecule has 17 heteroatoms. The smallest absolute Gasteiger partial charge is 0.369 e. The Kier molecular flexibility index (Phi) is 10.9. The summed E-state index contributed by atoms with van der Waals surface area (Å²) in [4.78, 5) is 41.3. The van der Waals surface area contributed by atoms with Crippen LogP contribution in [0.2, 0.25) is 5.02 Å². The number of hydrogen-bond acceptors (Lipinski definition) is 10. The SMILES string of the molecule is CC.CC(NC(=O)c1cc(NCCNc2ccn[nH]2)ncn1)c1ncc(C(=O)Nc2cc(C(F)(F)F)c(Cl)cn2)s1. The number of aromatic nitrogens is 6. The minimum Gasteiger partial charge on any atom is -0.369 e. The fourth-order valence-electron chi connectivity index (χ4n) is 3.15. The predicted octanol–water partition coefficient (Wildman–Crippen LogP) is 5.02. The first-order valence-electron chi connectivity index (χ1n) is 12.2. The van der Waals surface area contributed by atoms with E-state index < -0.39 is 34.6 Å². The number of thiazole rings is 1. The van der Waals surface area contributed by atoms with Gasteiger partial charge >= 0.3 is 6.18 Å². The van der Waals surface area contributed by atoms with Crippen molar-refractivity contribution in [1.82, 2.24) is 35.5 Å². The highest BCUT2D eigenvalue weighted by Crippen LogP contribution is 2.35. The van der Waals surface area contributed by atoms with Gasteiger partial charge in [-0.3, -0.25) is 14.7 Å². The van der Waals surface area contributed by atoms with E-state index in [-0.39, 0.29) is 16.4 Å². The zero-order valence-corrected chi connectivity index (χ0v) is 23.6. The van der Waals surface area contributed by atoms with Crippen molar-refractivity contribution in [3.8, 4) is 0 Å². The van der Waals surface area contributed by atoms with Gasteiger partial charge in [0.2, 0.25) is 0 Å². The molecule has 0 radical (unpaired) electrons. The molecule has 4 heterocycles. The van der Waals surface area contributed by atoms with Crippen LogP contribution in [0.15, 0.2) is 43.1 Å². The molecule has 218 valence electrons. The summed E-state index contributed by atoms with van der Waals surface area (Å²) in [5.74, 6) is -0.303. The first kappa shape index (κ1) is 31.2. The zero-order chi connectivity index (χ0) is 30.0. The van der Waals surface area contributed by atoms with E-state index in [4.69, 9.17) is 11.6 Å². The van der Waals surface area contributed by atoms with Gasteiger partial charge in [0.05, 0.1) is 29.0 Å². The first-order chi connectivity index (χ1) is 19.6. The fraction of sp³-hybridized carbons (Fsp3) is 0.292. The van der Waals surface area contributed by atoms with Gasteiger partial charge in [-0.25, -0.2) is 19.9 Å². The molecule has 4 aromatic heterocycles. The van der Waals surface area contributed by atoms with Gasteiger partial charge in [0.1, 0.15) is 39.4 Å². The summed E-state index contributed by atoms with van der Waals surface area (Å²) in [6.45, 7) is 6.75. The van der Waals surface area contributed by atoms with E-state index in [1.165, 1.54) is 18.6 Å². The van der Waals surface area contributed by atoms with Gasteiger partial charge in [-0.15, -0.1) is 11.3 Å². The molecule has 0 aliphatic carbocycles. The van der Waals surface area contributed by atoms with E-state index in [9.17, 15) is 22.8 Å². The highest BCUT2D eigenvalue weighted by molar-refractivity contribution is 7.13. The van der Waals surface area contributed by atoms with Crippen molar-refractivity contribution in [2.45, 2.75) is 33.0 Å². The Morgan fingerprint density at radius 1 is 1.02 bits per heavy atom. The molecule has 12 nitrogen and oxygen atoms in total. The van der Waals surface area contributed by atoms with Crippen LogP contribution in [-0.4, -0.2) is 55.0 Å². The van der Waals surface area contributed by atoms with Gasteiger partial charge in [0, 0.05) is 25.4 Å². The Morgan fingerprint density at radius 2 is 1.78 bits per heavy atom. The normalized spacial score (nSPS) is 11.6. The second-order valence-corrected chi connectivity index (χ2v) is 9.34. The number of nitrogens with zero attached hydrogens (tertiary/aromatic N) is 5. The van der Waals surface area contributed by atoms with Crippen LogP contribution in [-0.2, 0) is 6.18 Å². The Hall–Kier alpha value is -4.31. The van der Waals surface area contributed by atoms with Crippen molar-refractivity contribution in [1.29, 1.82) is 0 Å². The van der Waals surface area contributed by atoms with Crippen LogP contribution >= 0.6 is 22.9 Å². The van der Waals surface area contributed by atoms with Crippen LogP contribution in [0, 0.1) is 0 Å². The summed E-state index contributed by atoms with van der Waals surface area (Å²) in [7, 11) is 0. The van der Waals surface area contributed by atoms with Crippen LogP contribution < -0.4 is 21.3 Å². The van der Waals surface area contributed by atoms with Crippen molar-refractivity contribution in [2.75, 3.05) is 29.0 Å². The fourth-order valence-corrected chi connectivity index (χ4v) is 4.17. The predicted molar refractivity (Wildman–Crippen MR) is 149 cm³/mol. The van der Waals surface area contributed by atoms with Crippen molar-refractivity contribution in [3.05, 3.63) is 69.3 Å². The zero-order valence-electron chi connectivity index (χ0n) is 22.0. The summed E-state index contributed by atoms with van der Waals surface area (Å²) in [5, 5.41) is 17.7. The monoisotopic (exact) mass is 610 g/mol. The lowest BCUT2D eigenvalue weighted by molar-refractivity contribution is -0.137. The van der Waals surface area contributed by atoms with Crippen LogP contribution in [0.4, 0.5) is 30.6 Å². The third-order valence-electron chi connectivity index (χ3n) is 5.01. The number of carbonyl (C=O) groups excluding carboxylic acids is 2. The molecule has 0 aromatic carbocycles. The second-order valence-electron chi connectivity index (χ2n) is 7.87. The maximum atomic E-state index is 13.1. The van der Waals surface area contributed by atoms with Crippen LogP contribution in [0.25, 0.3) is 0 Å². The molecule has 1 unspecified atom stereocenters. The highest BCUT2D eigenvalue weighted by atomic mass is 35.5. The minimum atomic E-state index is -4.71. The number of pyridine rings is 1.